The van der Waals surface area contributed by atoms with Gasteiger partial charge in [0.15, 0.2) is 0 Å². The molecule has 3 aromatic rings. The molecule has 0 fully saturated rings. The second-order valence-corrected chi connectivity index (χ2v) is 4.42. The number of halogens is 2. The maximum atomic E-state index is 13.3. The van der Waals surface area contributed by atoms with Crippen LogP contribution in [0.3, 0.4) is 0 Å². The largest absolute Gasteiger partial charge is 0.396 e. The standard InChI is InChI=1S/C15H11F2N3/c16-10-3-1-2-9(6-10)4-5-14-11-7-13(18)12(17)8-15(11)20-19-14/h1-8H,18H2,(H,19,20). The SMILES string of the molecule is Nc1cc2c(C=Cc3cccc(F)c3)n[nH]c2cc1F. The van der Waals surface area contributed by atoms with Crippen molar-refractivity contribution in [2.24, 2.45) is 0 Å². The lowest BCUT2D eigenvalue weighted by Crippen LogP contribution is -1.89. The Morgan fingerprint density at radius 1 is 1.10 bits per heavy atom. The fourth-order valence-electron chi connectivity index (χ4n) is 1.99. The number of benzene rings is 2. The molecule has 0 amide bonds. The van der Waals surface area contributed by atoms with E-state index in [2.05, 4.69) is 10.2 Å². The molecule has 1 heterocycles. The van der Waals surface area contributed by atoms with Gasteiger partial charge in [-0.1, -0.05) is 18.2 Å². The molecule has 0 saturated heterocycles. The summed E-state index contributed by atoms with van der Waals surface area (Å²) in [6.45, 7) is 0. The van der Waals surface area contributed by atoms with E-state index in [1.165, 1.54) is 24.3 Å². The average Bonchev–Trinajstić information content (AvgIpc) is 2.79. The van der Waals surface area contributed by atoms with E-state index in [1.807, 2.05) is 0 Å². The minimum Gasteiger partial charge on any atom is -0.396 e. The van der Waals surface area contributed by atoms with E-state index in [4.69, 9.17) is 5.73 Å². The van der Waals surface area contributed by atoms with Crippen LogP contribution < -0.4 is 5.73 Å². The minimum atomic E-state index is -0.484. The predicted molar refractivity (Wildman–Crippen MR) is 75.8 cm³/mol. The first-order valence-corrected chi connectivity index (χ1v) is 6.00. The van der Waals surface area contributed by atoms with Crippen molar-refractivity contribution in [2.45, 2.75) is 0 Å². The Kier molecular flexibility index (Phi) is 2.95. The lowest BCUT2D eigenvalue weighted by atomic mass is 10.1. The van der Waals surface area contributed by atoms with Gasteiger partial charge in [0.2, 0.25) is 0 Å². The van der Waals surface area contributed by atoms with Crippen LogP contribution in [0.5, 0.6) is 0 Å². The summed E-state index contributed by atoms with van der Waals surface area (Å²) in [5.74, 6) is -0.785. The molecule has 1 aromatic heterocycles. The molecular weight excluding hydrogens is 260 g/mol. The first-order valence-electron chi connectivity index (χ1n) is 6.00. The molecule has 100 valence electrons. The van der Waals surface area contributed by atoms with Gasteiger partial charge in [0.25, 0.3) is 0 Å². The van der Waals surface area contributed by atoms with Gasteiger partial charge in [0, 0.05) is 11.5 Å². The van der Waals surface area contributed by atoms with Gasteiger partial charge in [-0.3, -0.25) is 5.10 Å². The summed E-state index contributed by atoms with van der Waals surface area (Å²) in [6.07, 6.45) is 3.46. The van der Waals surface area contributed by atoms with Gasteiger partial charge in [-0.2, -0.15) is 5.10 Å². The van der Waals surface area contributed by atoms with Crippen molar-refractivity contribution in [3.8, 4) is 0 Å². The number of hydrogen-bond acceptors (Lipinski definition) is 2. The van der Waals surface area contributed by atoms with Crippen LogP contribution in [-0.4, -0.2) is 10.2 Å². The van der Waals surface area contributed by atoms with Crippen molar-refractivity contribution in [2.75, 3.05) is 5.73 Å². The molecule has 0 saturated carbocycles. The summed E-state index contributed by atoms with van der Waals surface area (Å²) >= 11 is 0. The zero-order valence-corrected chi connectivity index (χ0v) is 10.4. The van der Waals surface area contributed by atoms with Gasteiger partial charge in [0.1, 0.15) is 11.6 Å². The number of aromatic amines is 1. The van der Waals surface area contributed by atoms with Gasteiger partial charge < -0.3 is 5.73 Å². The normalized spacial score (nSPS) is 11.5. The molecule has 0 atom stereocenters. The topological polar surface area (TPSA) is 54.7 Å². The molecule has 0 aliphatic rings. The van der Waals surface area contributed by atoms with Gasteiger partial charge in [-0.15, -0.1) is 0 Å². The van der Waals surface area contributed by atoms with Crippen LogP contribution in [0.1, 0.15) is 11.3 Å². The first-order chi connectivity index (χ1) is 9.63. The van der Waals surface area contributed by atoms with Crippen LogP contribution in [0.4, 0.5) is 14.5 Å². The van der Waals surface area contributed by atoms with Crippen LogP contribution in [0.2, 0.25) is 0 Å². The zero-order chi connectivity index (χ0) is 14.1. The van der Waals surface area contributed by atoms with Crippen molar-refractivity contribution >= 4 is 28.7 Å². The maximum Gasteiger partial charge on any atom is 0.148 e. The van der Waals surface area contributed by atoms with Crippen molar-refractivity contribution in [3.63, 3.8) is 0 Å². The van der Waals surface area contributed by atoms with Crippen LogP contribution in [0.15, 0.2) is 36.4 Å². The number of nitrogens with two attached hydrogens (primary N) is 1. The van der Waals surface area contributed by atoms with E-state index < -0.39 is 5.82 Å². The Labute approximate surface area is 113 Å². The first kappa shape index (κ1) is 12.3. The number of anilines is 1. The summed E-state index contributed by atoms with van der Waals surface area (Å²) in [7, 11) is 0. The molecule has 0 spiro atoms. The van der Waals surface area contributed by atoms with Gasteiger partial charge in [-0.05, 0) is 29.8 Å². The lowest BCUT2D eigenvalue weighted by Gasteiger charge is -1.96. The molecule has 0 aliphatic carbocycles. The molecule has 3 nitrogen and oxygen atoms in total. The summed E-state index contributed by atoms with van der Waals surface area (Å²) in [6, 6.07) is 9.04. The van der Waals surface area contributed by atoms with E-state index >= 15 is 0 Å². The Hall–Kier alpha value is -2.69. The summed E-state index contributed by atoms with van der Waals surface area (Å²) < 4.78 is 26.4. The third-order valence-corrected chi connectivity index (χ3v) is 2.99. The summed E-state index contributed by atoms with van der Waals surface area (Å²) in [5.41, 5.74) is 7.52. The monoisotopic (exact) mass is 271 g/mol. The van der Waals surface area contributed by atoms with Crippen LogP contribution in [0, 0.1) is 11.6 Å². The van der Waals surface area contributed by atoms with Gasteiger partial charge in [0.05, 0.1) is 16.9 Å². The molecule has 3 N–H and O–H groups in total. The third-order valence-electron chi connectivity index (χ3n) is 2.99. The molecular formula is C15H11F2N3. The Morgan fingerprint density at radius 3 is 2.75 bits per heavy atom. The molecule has 5 heteroatoms. The van der Waals surface area contributed by atoms with Crippen LogP contribution >= 0.6 is 0 Å². The fourth-order valence-corrected chi connectivity index (χ4v) is 1.99. The number of nitrogen functional groups attached to an aromatic ring is 1. The number of aromatic nitrogens is 2. The minimum absolute atomic E-state index is 0.0688. The smallest absolute Gasteiger partial charge is 0.148 e. The fraction of sp³-hybridized carbons (Fsp3) is 0. The highest BCUT2D eigenvalue weighted by atomic mass is 19.1. The summed E-state index contributed by atoms with van der Waals surface area (Å²) in [5, 5.41) is 7.54. The van der Waals surface area contributed by atoms with E-state index in [-0.39, 0.29) is 11.5 Å². The number of fused-ring (bicyclic) bond motifs is 1. The molecule has 20 heavy (non-hydrogen) atoms. The van der Waals surface area contributed by atoms with Crippen LogP contribution in [0.25, 0.3) is 23.1 Å². The van der Waals surface area contributed by atoms with Crippen molar-refractivity contribution in [1.29, 1.82) is 0 Å². The molecule has 0 radical (unpaired) electrons. The summed E-state index contributed by atoms with van der Waals surface area (Å²) in [4.78, 5) is 0. The highest BCUT2D eigenvalue weighted by molar-refractivity contribution is 5.91. The Balaban J connectivity index is 2.01. The third kappa shape index (κ3) is 2.25. The number of nitrogens with zero attached hydrogens (tertiary/aromatic N) is 1. The molecule has 0 unspecified atom stereocenters. The van der Waals surface area contributed by atoms with Gasteiger partial charge in [-0.25, -0.2) is 8.78 Å². The second-order valence-electron chi connectivity index (χ2n) is 4.42. The molecule has 0 bridgehead atoms. The lowest BCUT2D eigenvalue weighted by molar-refractivity contribution is 0.627. The Bertz CT molecular complexity index is 806. The second kappa shape index (κ2) is 4.77. The average molecular weight is 271 g/mol. The quantitative estimate of drug-likeness (QED) is 0.700. The number of H-pyrrole nitrogens is 1. The van der Waals surface area contributed by atoms with E-state index in [1.54, 1.807) is 24.3 Å². The highest BCUT2D eigenvalue weighted by Gasteiger charge is 2.07. The van der Waals surface area contributed by atoms with Crippen molar-refractivity contribution in [1.82, 2.24) is 10.2 Å². The van der Waals surface area contributed by atoms with E-state index in [0.717, 1.165) is 10.9 Å². The zero-order valence-electron chi connectivity index (χ0n) is 10.4. The van der Waals surface area contributed by atoms with Crippen LogP contribution in [-0.2, 0) is 0 Å². The van der Waals surface area contributed by atoms with E-state index in [9.17, 15) is 8.78 Å². The van der Waals surface area contributed by atoms with Gasteiger partial charge >= 0.3 is 0 Å². The maximum absolute atomic E-state index is 13.3. The molecule has 3 rings (SSSR count). The predicted octanol–water partition coefficient (Wildman–Crippen LogP) is 3.59. The number of nitrogens with one attached hydrogen (secondary N) is 1. The number of rotatable bonds is 2. The number of hydrogen-bond donors (Lipinski definition) is 2. The highest BCUT2D eigenvalue weighted by Crippen LogP contribution is 2.23. The van der Waals surface area contributed by atoms with Crippen molar-refractivity contribution < 1.29 is 8.78 Å². The molecule has 2 aromatic carbocycles. The van der Waals surface area contributed by atoms with E-state index in [0.29, 0.717) is 11.2 Å². The molecule has 0 aliphatic heterocycles. The Morgan fingerprint density at radius 2 is 1.95 bits per heavy atom. The van der Waals surface area contributed by atoms with Crippen molar-refractivity contribution in [3.05, 3.63) is 59.3 Å².